The zero-order valence-corrected chi connectivity index (χ0v) is 15.2. The molecule has 2 aromatic rings. The number of benzene rings is 1. The van der Waals surface area contributed by atoms with Gasteiger partial charge in [0.1, 0.15) is 11.6 Å². The molecule has 0 radical (unpaired) electrons. The molecule has 1 aromatic carbocycles. The summed E-state index contributed by atoms with van der Waals surface area (Å²) in [5.74, 6) is 1.86. The average molecular weight is 358 g/mol. The minimum Gasteiger partial charge on any atom is -0.355 e. The van der Waals surface area contributed by atoms with Gasteiger partial charge in [0, 0.05) is 32.0 Å². The summed E-state index contributed by atoms with van der Waals surface area (Å²) < 4.78 is 15.3. The molecule has 1 heterocycles. The normalized spacial score (nSPS) is 28.3. The second-order valence-electron chi connectivity index (χ2n) is 7.96. The standard InChI is InChI=1S/C20H27FN4O/c1-25-17-11-15(21)5-6-16(17)24-18(25)7-8-23-20(26)14-9-12-3-2-4-13(10-14)19(12)22/h5-6,11-14,19H,2-4,7-10,22H2,1H3,(H,23,26). The van der Waals surface area contributed by atoms with Gasteiger partial charge >= 0.3 is 0 Å². The molecule has 0 spiro atoms. The van der Waals surface area contributed by atoms with Crippen molar-refractivity contribution in [2.75, 3.05) is 6.54 Å². The third-order valence-electron chi connectivity index (χ3n) is 6.37. The lowest BCUT2D eigenvalue weighted by Gasteiger charge is -2.43. The number of carbonyl (C=O) groups excluding carboxylic acids is 1. The summed E-state index contributed by atoms with van der Waals surface area (Å²) in [4.78, 5) is 17.1. The Labute approximate surface area is 153 Å². The Kier molecular flexibility index (Phi) is 4.69. The number of nitrogens with two attached hydrogens (primary N) is 1. The van der Waals surface area contributed by atoms with Gasteiger partial charge in [-0.15, -0.1) is 0 Å². The molecule has 140 valence electrons. The van der Waals surface area contributed by atoms with Crippen molar-refractivity contribution in [2.24, 2.45) is 30.5 Å². The minimum atomic E-state index is -0.263. The first-order chi connectivity index (χ1) is 12.5. The summed E-state index contributed by atoms with van der Waals surface area (Å²) in [7, 11) is 1.88. The Morgan fingerprint density at radius 2 is 2.08 bits per heavy atom. The molecule has 2 bridgehead atoms. The van der Waals surface area contributed by atoms with E-state index in [0.29, 0.717) is 24.8 Å². The van der Waals surface area contributed by atoms with Crippen molar-refractivity contribution in [3.8, 4) is 0 Å². The Bertz CT molecular complexity index is 803. The molecule has 0 saturated heterocycles. The number of imidazole rings is 1. The van der Waals surface area contributed by atoms with Crippen molar-refractivity contribution >= 4 is 16.9 Å². The number of rotatable bonds is 4. The molecule has 2 aliphatic rings. The van der Waals surface area contributed by atoms with Crippen molar-refractivity contribution < 1.29 is 9.18 Å². The van der Waals surface area contributed by atoms with Crippen molar-refractivity contribution in [3.05, 3.63) is 29.8 Å². The van der Waals surface area contributed by atoms with E-state index >= 15 is 0 Å². The van der Waals surface area contributed by atoms with Gasteiger partial charge in [-0.1, -0.05) is 6.42 Å². The van der Waals surface area contributed by atoms with E-state index in [4.69, 9.17) is 5.73 Å². The molecular formula is C20H27FN4O. The van der Waals surface area contributed by atoms with Crippen LogP contribution in [0, 0.1) is 23.6 Å². The van der Waals surface area contributed by atoms with Gasteiger partial charge in [0.05, 0.1) is 11.0 Å². The number of halogens is 1. The van der Waals surface area contributed by atoms with Crippen molar-refractivity contribution in [2.45, 2.75) is 44.6 Å². The quantitative estimate of drug-likeness (QED) is 0.882. The van der Waals surface area contributed by atoms with Crippen LogP contribution in [0.1, 0.15) is 37.9 Å². The number of hydrogen-bond acceptors (Lipinski definition) is 3. The number of aromatic nitrogens is 2. The van der Waals surface area contributed by atoms with Crippen LogP contribution < -0.4 is 11.1 Å². The van der Waals surface area contributed by atoms with E-state index in [-0.39, 0.29) is 23.7 Å². The summed E-state index contributed by atoms with van der Waals surface area (Å²) in [5, 5.41) is 3.08. The van der Waals surface area contributed by atoms with E-state index in [9.17, 15) is 9.18 Å². The zero-order valence-electron chi connectivity index (χ0n) is 15.2. The van der Waals surface area contributed by atoms with Crippen LogP contribution in [0.25, 0.3) is 11.0 Å². The lowest BCUT2D eigenvalue weighted by molar-refractivity contribution is -0.127. The summed E-state index contributed by atoms with van der Waals surface area (Å²) >= 11 is 0. The lowest BCUT2D eigenvalue weighted by atomic mass is 9.65. The number of aryl methyl sites for hydroxylation is 1. The van der Waals surface area contributed by atoms with Crippen LogP contribution in [0.2, 0.25) is 0 Å². The highest BCUT2D eigenvalue weighted by atomic mass is 19.1. The number of hydrogen-bond donors (Lipinski definition) is 2. The topological polar surface area (TPSA) is 72.9 Å². The van der Waals surface area contributed by atoms with Gasteiger partial charge < -0.3 is 15.6 Å². The monoisotopic (exact) mass is 358 g/mol. The third kappa shape index (κ3) is 3.22. The van der Waals surface area contributed by atoms with Gasteiger partial charge in [-0.3, -0.25) is 4.79 Å². The lowest BCUT2D eigenvalue weighted by Crippen LogP contribution is -2.49. The number of fused-ring (bicyclic) bond motifs is 3. The first-order valence-corrected chi connectivity index (χ1v) is 9.67. The van der Waals surface area contributed by atoms with E-state index in [1.165, 1.54) is 18.6 Å². The smallest absolute Gasteiger partial charge is 0.223 e. The van der Waals surface area contributed by atoms with Gasteiger partial charge in [0.2, 0.25) is 5.91 Å². The minimum absolute atomic E-state index is 0.0969. The van der Waals surface area contributed by atoms with Gasteiger partial charge in [0.15, 0.2) is 0 Å². The highest BCUT2D eigenvalue weighted by molar-refractivity contribution is 5.79. The molecule has 6 heteroatoms. The number of nitrogens with zero attached hydrogens (tertiary/aromatic N) is 2. The summed E-state index contributed by atoms with van der Waals surface area (Å²) in [6.45, 7) is 0.552. The number of carbonyl (C=O) groups is 1. The Balaban J connectivity index is 1.35. The maximum Gasteiger partial charge on any atom is 0.223 e. The molecule has 2 aliphatic carbocycles. The molecule has 26 heavy (non-hydrogen) atoms. The van der Waals surface area contributed by atoms with E-state index in [2.05, 4.69) is 10.3 Å². The van der Waals surface area contributed by atoms with Gasteiger partial charge in [-0.05, 0) is 55.7 Å². The molecule has 4 rings (SSSR count). The van der Waals surface area contributed by atoms with Crippen LogP contribution in [-0.2, 0) is 18.3 Å². The first-order valence-electron chi connectivity index (χ1n) is 9.67. The molecule has 2 fully saturated rings. The van der Waals surface area contributed by atoms with E-state index < -0.39 is 0 Å². The Hall–Kier alpha value is -1.95. The maximum atomic E-state index is 13.4. The molecule has 0 aliphatic heterocycles. The molecule has 2 saturated carbocycles. The molecule has 3 N–H and O–H groups in total. The second-order valence-corrected chi connectivity index (χ2v) is 7.96. The summed E-state index contributed by atoms with van der Waals surface area (Å²) in [5.41, 5.74) is 7.88. The van der Waals surface area contributed by atoms with Crippen LogP contribution >= 0.6 is 0 Å². The predicted octanol–water partition coefficient (Wildman–Crippen LogP) is 2.52. The van der Waals surface area contributed by atoms with E-state index in [0.717, 1.165) is 42.5 Å². The van der Waals surface area contributed by atoms with Crippen molar-refractivity contribution in [1.29, 1.82) is 0 Å². The Morgan fingerprint density at radius 3 is 2.81 bits per heavy atom. The van der Waals surface area contributed by atoms with Crippen LogP contribution in [-0.4, -0.2) is 28.0 Å². The second kappa shape index (κ2) is 6.99. The predicted molar refractivity (Wildman–Crippen MR) is 98.9 cm³/mol. The number of nitrogens with one attached hydrogen (secondary N) is 1. The molecule has 1 amide bonds. The van der Waals surface area contributed by atoms with Crippen molar-refractivity contribution in [1.82, 2.24) is 14.9 Å². The molecule has 2 unspecified atom stereocenters. The highest BCUT2D eigenvalue weighted by Crippen LogP contribution is 2.41. The maximum absolute atomic E-state index is 13.4. The highest BCUT2D eigenvalue weighted by Gasteiger charge is 2.40. The van der Waals surface area contributed by atoms with E-state index in [1.54, 1.807) is 6.07 Å². The van der Waals surface area contributed by atoms with Crippen LogP contribution in [0.5, 0.6) is 0 Å². The average Bonchev–Trinajstić information content (AvgIpc) is 2.90. The van der Waals surface area contributed by atoms with Gasteiger partial charge in [-0.2, -0.15) is 0 Å². The largest absolute Gasteiger partial charge is 0.355 e. The fourth-order valence-electron chi connectivity index (χ4n) is 4.88. The molecule has 2 atom stereocenters. The van der Waals surface area contributed by atoms with Gasteiger partial charge in [0.25, 0.3) is 0 Å². The first kappa shape index (κ1) is 17.5. The molecule has 1 aromatic heterocycles. The SMILES string of the molecule is Cn1c(CCNC(=O)C2CC3CCCC(C2)C3N)nc2ccc(F)cc21. The van der Waals surface area contributed by atoms with Crippen LogP contribution in [0.4, 0.5) is 4.39 Å². The Morgan fingerprint density at radius 1 is 1.35 bits per heavy atom. The van der Waals surface area contributed by atoms with Crippen LogP contribution in [0.15, 0.2) is 18.2 Å². The summed E-state index contributed by atoms with van der Waals surface area (Å²) in [6.07, 6.45) is 6.07. The fraction of sp³-hybridized carbons (Fsp3) is 0.600. The van der Waals surface area contributed by atoms with Crippen molar-refractivity contribution in [3.63, 3.8) is 0 Å². The van der Waals surface area contributed by atoms with E-state index in [1.807, 2.05) is 11.6 Å². The third-order valence-corrected chi connectivity index (χ3v) is 6.37. The van der Waals surface area contributed by atoms with Crippen LogP contribution in [0.3, 0.4) is 0 Å². The number of amides is 1. The summed E-state index contributed by atoms with van der Waals surface area (Å²) in [6, 6.07) is 4.89. The van der Waals surface area contributed by atoms with Gasteiger partial charge in [-0.25, -0.2) is 9.37 Å². The molecule has 5 nitrogen and oxygen atoms in total. The molecular weight excluding hydrogens is 331 g/mol. The zero-order chi connectivity index (χ0) is 18.3. The fourth-order valence-corrected chi connectivity index (χ4v) is 4.88.